The first-order valence-corrected chi connectivity index (χ1v) is 13.4. The van der Waals surface area contributed by atoms with E-state index >= 15 is 0 Å². The SMILES string of the molecule is CC#CC(CC(=O)OCC)c1ccc(OCc2ccc3nc(-c4ccc(OCCC(C)(C)O)cc4)nn3c2)cc1. The van der Waals surface area contributed by atoms with Crippen LogP contribution in [0.2, 0.25) is 0 Å². The average Bonchev–Trinajstić information content (AvgIpc) is 3.35. The van der Waals surface area contributed by atoms with E-state index in [0.29, 0.717) is 37.8 Å². The second-order valence-electron chi connectivity index (χ2n) is 10.0. The molecule has 0 aliphatic heterocycles. The lowest BCUT2D eigenvalue weighted by molar-refractivity contribution is -0.143. The fourth-order valence-corrected chi connectivity index (χ4v) is 4.03. The van der Waals surface area contributed by atoms with Crippen molar-refractivity contribution in [1.29, 1.82) is 0 Å². The van der Waals surface area contributed by atoms with Crippen molar-refractivity contribution in [3.05, 3.63) is 78.0 Å². The van der Waals surface area contributed by atoms with E-state index in [1.807, 2.05) is 66.9 Å². The number of hydrogen-bond donors (Lipinski definition) is 1. The third-order valence-electron chi connectivity index (χ3n) is 6.17. The van der Waals surface area contributed by atoms with Crippen molar-refractivity contribution in [2.45, 2.75) is 58.7 Å². The Morgan fingerprint density at radius 1 is 1.02 bits per heavy atom. The smallest absolute Gasteiger partial charge is 0.307 e. The third kappa shape index (κ3) is 8.08. The minimum atomic E-state index is -0.755. The minimum absolute atomic E-state index is 0.218. The van der Waals surface area contributed by atoms with E-state index in [1.165, 1.54) is 0 Å². The van der Waals surface area contributed by atoms with Gasteiger partial charge in [0, 0.05) is 23.7 Å². The number of pyridine rings is 1. The number of carbonyl (C=O) groups excluding carboxylic acids is 1. The molecule has 0 fully saturated rings. The highest BCUT2D eigenvalue weighted by molar-refractivity contribution is 5.71. The summed E-state index contributed by atoms with van der Waals surface area (Å²) >= 11 is 0. The number of hydrogen-bond acceptors (Lipinski definition) is 7. The highest BCUT2D eigenvalue weighted by Gasteiger charge is 2.15. The molecule has 0 aliphatic carbocycles. The summed E-state index contributed by atoms with van der Waals surface area (Å²) in [7, 11) is 0. The summed E-state index contributed by atoms with van der Waals surface area (Å²) in [5, 5.41) is 14.5. The van der Waals surface area contributed by atoms with Crippen molar-refractivity contribution in [2.24, 2.45) is 0 Å². The molecule has 4 rings (SSSR count). The first kappa shape index (κ1) is 28.7. The summed E-state index contributed by atoms with van der Waals surface area (Å²) in [5.74, 6) is 7.58. The lowest BCUT2D eigenvalue weighted by Gasteiger charge is -2.17. The molecular formula is C32H35N3O5. The Hall–Kier alpha value is -4.35. The van der Waals surface area contributed by atoms with E-state index < -0.39 is 5.60 Å². The van der Waals surface area contributed by atoms with Crippen LogP contribution in [0.25, 0.3) is 17.0 Å². The molecule has 2 aromatic carbocycles. The maximum absolute atomic E-state index is 11.9. The molecule has 1 atom stereocenters. The van der Waals surface area contributed by atoms with Gasteiger partial charge in [0.1, 0.15) is 18.1 Å². The summed E-state index contributed by atoms with van der Waals surface area (Å²) in [6, 6.07) is 19.1. The number of carbonyl (C=O) groups is 1. The van der Waals surface area contributed by atoms with Crippen LogP contribution in [0.5, 0.6) is 11.5 Å². The summed E-state index contributed by atoms with van der Waals surface area (Å²) in [6.45, 7) is 8.24. The van der Waals surface area contributed by atoms with Crippen molar-refractivity contribution in [3.63, 3.8) is 0 Å². The van der Waals surface area contributed by atoms with Gasteiger partial charge in [0.25, 0.3) is 0 Å². The van der Waals surface area contributed by atoms with Crippen molar-refractivity contribution < 1.29 is 24.1 Å². The lowest BCUT2D eigenvalue weighted by Crippen LogP contribution is -2.21. The Labute approximate surface area is 234 Å². The number of aromatic nitrogens is 3. The molecule has 208 valence electrons. The maximum Gasteiger partial charge on any atom is 0.307 e. The van der Waals surface area contributed by atoms with Crippen LogP contribution in [-0.2, 0) is 16.1 Å². The predicted molar refractivity (Wildman–Crippen MR) is 153 cm³/mol. The maximum atomic E-state index is 11.9. The van der Waals surface area contributed by atoms with Gasteiger partial charge < -0.3 is 19.3 Å². The van der Waals surface area contributed by atoms with E-state index in [9.17, 15) is 9.90 Å². The molecule has 1 unspecified atom stereocenters. The van der Waals surface area contributed by atoms with Crippen molar-refractivity contribution in [3.8, 4) is 34.7 Å². The number of fused-ring (bicyclic) bond motifs is 1. The van der Waals surface area contributed by atoms with E-state index in [2.05, 4.69) is 21.9 Å². The van der Waals surface area contributed by atoms with Crippen molar-refractivity contribution >= 4 is 11.6 Å². The minimum Gasteiger partial charge on any atom is -0.493 e. The van der Waals surface area contributed by atoms with Crippen molar-refractivity contribution in [2.75, 3.05) is 13.2 Å². The largest absolute Gasteiger partial charge is 0.493 e. The van der Waals surface area contributed by atoms with Crippen LogP contribution in [0.15, 0.2) is 66.9 Å². The highest BCUT2D eigenvalue weighted by Crippen LogP contribution is 2.24. The molecule has 4 aromatic rings. The number of ether oxygens (including phenoxy) is 3. The number of rotatable bonds is 12. The summed E-state index contributed by atoms with van der Waals surface area (Å²) in [4.78, 5) is 16.6. The average molecular weight is 542 g/mol. The van der Waals surface area contributed by atoms with Crippen molar-refractivity contribution in [1.82, 2.24) is 14.6 Å². The Morgan fingerprint density at radius 3 is 2.40 bits per heavy atom. The van der Waals surface area contributed by atoms with Crippen LogP contribution in [-0.4, -0.2) is 44.5 Å². The van der Waals surface area contributed by atoms with Gasteiger partial charge in [0.05, 0.1) is 31.2 Å². The zero-order valence-electron chi connectivity index (χ0n) is 23.4. The number of esters is 1. The second-order valence-corrected chi connectivity index (χ2v) is 10.0. The molecule has 0 radical (unpaired) electrons. The molecule has 0 saturated carbocycles. The number of benzene rings is 2. The van der Waals surface area contributed by atoms with E-state index in [0.717, 1.165) is 28.1 Å². The van der Waals surface area contributed by atoms with Crippen LogP contribution < -0.4 is 9.47 Å². The van der Waals surface area contributed by atoms with Crippen LogP contribution in [0.1, 0.15) is 57.6 Å². The highest BCUT2D eigenvalue weighted by atomic mass is 16.5. The quantitative estimate of drug-likeness (QED) is 0.185. The molecule has 0 aliphatic rings. The first-order valence-electron chi connectivity index (χ1n) is 13.4. The third-order valence-corrected chi connectivity index (χ3v) is 6.17. The first-order chi connectivity index (χ1) is 19.2. The van der Waals surface area contributed by atoms with Gasteiger partial charge in [0.15, 0.2) is 11.5 Å². The summed E-state index contributed by atoms with van der Waals surface area (Å²) < 4.78 is 18.5. The Bertz CT molecular complexity index is 1480. The molecular weight excluding hydrogens is 506 g/mol. The zero-order valence-corrected chi connectivity index (χ0v) is 23.4. The topological polar surface area (TPSA) is 95.2 Å². The van der Waals surface area contributed by atoms with Gasteiger partial charge in [-0.05, 0) is 75.7 Å². The molecule has 0 bridgehead atoms. The van der Waals surface area contributed by atoms with Gasteiger partial charge in [-0.1, -0.05) is 24.1 Å². The van der Waals surface area contributed by atoms with Crippen LogP contribution in [0, 0.1) is 11.8 Å². The second kappa shape index (κ2) is 13.1. The van der Waals surface area contributed by atoms with Crippen LogP contribution >= 0.6 is 0 Å². The Morgan fingerprint density at radius 2 is 1.73 bits per heavy atom. The molecule has 2 aromatic heterocycles. The molecule has 8 heteroatoms. The predicted octanol–water partition coefficient (Wildman–Crippen LogP) is 5.58. The van der Waals surface area contributed by atoms with Gasteiger partial charge >= 0.3 is 5.97 Å². The molecule has 0 saturated heterocycles. The fraction of sp³-hybridized carbons (Fsp3) is 0.344. The monoisotopic (exact) mass is 541 g/mol. The van der Waals surface area contributed by atoms with Crippen LogP contribution in [0.3, 0.4) is 0 Å². The van der Waals surface area contributed by atoms with Gasteiger partial charge in [-0.25, -0.2) is 9.50 Å². The number of aliphatic hydroxyl groups is 1. The Balaban J connectivity index is 1.37. The summed E-state index contributed by atoms with van der Waals surface area (Å²) in [6.07, 6.45) is 2.67. The van der Waals surface area contributed by atoms with E-state index in [-0.39, 0.29) is 18.3 Å². The molecule has 40 heavy (non-hydrogen) atoms. The Kier molecular flexibility index (Phi) is 9.41. The zero-order chi connectivity index (χ0) is 28.5. The normalized spacial score (nSPS) is 11.9. The van der Waals surface area contributed by atoms with E-state index in [4.69, 9.17) is 14.2 Å². The van der Waals surface area contributed by atoms with Gasteiger partial charge in [0.2, 0.25) is 0 Å². The van der Waals surface area contributed by atoms with Crippen LogP contribution in [0.4, 0.5) is 0 Å². The molecule has 2 heterocycles. The van der Waals surface area contributed by atoms with Gasteiger partial charge in [-0.15, -0.1) is 11.0 Å². The standard InChI is InChI=1S/C32H35N3O5/c1-5-7-26(20-30(36)38-6-2)24-9-13-28(14-10-24)40-22-23-8-17-29-33-31(34-35(29)21-23)25-11-15-27(16-12-25)39-19-18-32(3,4)37/h8-17,21,26,37H,6,18-20,22H2,1-4H3. The fourth-order valence-electron chi connectivity index (χ4n) is 4.03. The lowest BCUT2D eigenvalue weighted by atomic mass is 9.96. The molecule has 1 N–H and O–H groups in total. The summed E-state index contributed by atoms with van der Waals surface area (Å²) in [5.41, 5.74) is 2.75. The van der Waals surface area contributed by atoms with Gasteiger partial charge in [-0.3, -0.25) is 4.79 Å². The molecule has 0 amide bonds. The van der Waals surface area contributed by atoms with E-state index in [1.54, 1.807) is 32.2 Å². The molecule has 8 nitrogen and oxygen atoms in total. The number of nitrogens with zero attached hydrogens (tertiary/aromatic N) is 3. The van der Waals surface area contributed by atoms with Gasteiger partial charge in [-0.2, -0.15) is 0 Å². The molecule has 0 spiro atoms.